The van der Waals surface area contributed by atoms with E-state index in [0.717, 1.165) is 43.4 Å². The second kappa shape index (κ2) is 12.2. The van der Waals surface area contributed by atoms with Crippen molar-refractivity contribution in [2.45, 2.75) is 45.7 Å². The predicted molar refractivity (Wildman–Crippen MR) is 155 cm³/mol. The Morgan fingerprint density at radius 1 is 0.857 bits per heavy atom. The number of halogens is 2. The van der Waals surface area contributed by atoms with E-state index in [2.05, 4.69) is 103 Å². The van der Waals surface area contributed by atoms with Crippen LogP contribution in [0.3, 0.4) is 0 Å². The fourth-order valence-electron chi connectivity index (χ4n) is 5.71. The van der Waals surface area contributed by atoms with Crippen molar-refractivity contribution >= 4 is 46.5 Å². The molecule has 0 amide bonds. The molecule has 3 aromatic carbocycles. The van der Waals surface area contributed by atoms with Gasteiger partial charge in [-0.15, -0.1) is 24.8 Å². The highest BCUT2D eigenvalue weighted by atomic mass is 35.5. The molecule has 1 aliphatic rings. The third-order valence-electron chi connectivity index (χ3n) is 7.64. The lowest BCUT2D eigenvalue weighted by atomic mass is 9.94. The summed E-state index contributed by atoms with van der Waals surface area (Å²) in [7, 11) is 0. The summed E-state index contributed by atoms with van der Waals surface area (Å²) in [5.74, 6) is 0. The average molecular weight is 511 g/mol. The molecule has 1 fully saturated rings. The van der Waals surface area contributed by atoms with Gasteiger partial charge in [0.15, 0.2) is 0 Å². The second-order valence-corrected chi connectivity index (χ2v) is 9.30. The molecule has 0 aliphatic carbocycles. The first-order chi connectivity index (χ1) is 16.2. The number of nitrogens with zero attached hydrogens (tertiary/aromatic N) is 3. The molecule has 5 rings (SSSR count). The topological polar surface area (TPSA) is 19.4 Å². The molecule has 1 aromatic heterocycles. The zero-order chi connectivity index (χ0) is 22.8. The van der Waals surface area contributed by atoms with E-state index in [4.69, 9.17) is 4.98 Å². The van der Waals surface area contributed by atoms with Gasteiger partial charge in [-0.1, -0.05) is 74.5 Å². The molecule has 0 spiro atoms. The Labute approximate surface area is 222 Å². The standard InChI is InChI=1S/C30H35N3.2ClH/c1-4-32(5-2)24-17-19-33(20-18-24)22(3)28-21-30(31-29-16-9-8-14-27(28)29)26-15-10-12-23-11-6-7-13-25(23)26;;/h6-16,21-22,24H,4-5,17-20H2,1-3H3;2*1H. The molecule has 5 heteroatoms. The molecule has 0 N–H and O–H groups in total. The quantitative estimate of drug-likeness (QED) is 0.264. The van der Waals surface area contributed by atoms with Crippen molar-refractivity contribution in [1.82, 2.24) is 14.8 Å². The van der Waals surface area contributed by atoms with Crippen molar-refractivity contribution in [3.05, 3.63) is 78.4 Å². The lowest BCUT2D eigenvalue weighted by Crippen LogP contribution is -2.45. The van der Waals surface area contributed by atoms with Gasteiger partial charge in [-0.25, -0.2) is 4.98 Å². The first kappa shape index (κ1) is 27.4. The Balaban J connectivity index is 0.00000171. The number of hydrogen-bond acceptors (Lipinski definition) is 3. The highest BCUT2D eigenvalue weighted by Crippen LogP contribution is 2.35. The predicted octanol–water partition coefficient (Wildman–Crippen LogP) is 7.77. The van der Waals surface area contributed by atoms with E-state index in [-0.39, 0.29) is 24.8 Å². The van der Waals surface area contributed by atoms with Crippen LogP contribution in [0.1, 0.15) is 45.2 Å². The van der Waals surface area contributed by atoms with Gasteiger partial charge in [0.05, 0.1) is 11.2 Å². The minimum Gasteiger partial charge on any atom is -0.301 e. The number of rotatable bonds is 6. The lowest BCUT2D eigenvalue weighted by molar-refractivity contribution is 0.0943. The number of benzene rings is 3. The van der Waals surface area contributed by atoms with Crippen LogP contribution in [0.5, 0.6) is 0 Å². The van der Waals surface area contributed by atoms with Crippen LogP contribution >= 0.6 is 24.8 Å². The van der Waals surface area contributed by atoms with Crippen LogP contribution in [0.25, 0.3) is 32.9 Å². The average Bonchev–Trinajstić information content (AvgIpc) is 2.88. The number of piperidine rings is 1. The number of para-hydroxylation sites is 1. The van der Waals surface area contributed by atoms with Gasteiger partial charge >= 0.3 is 0 Å². The lowest BCUT2D eigenvalue weighted by Gasteiger charge is -2.40. The van der Waals surface area contributed by atoms with Crippen LogP contribution < -0.4 is 0 Å². The summed E-state index contributed by atoms with van der Waals surface area (Å²) in [6.45, 7) is 11.6. The fourth-order valence-corrected chi connectivity index (χ4v) is 5.71. The number of likely N-dealkylation sites (tertiary alicyclic amines) is 1. The molecule has 35 heavy (non-hydrogen) atoms. The van der Waals surface area contributed by atoms with Gasteiger partial charge in [-0.2, -0.15) is 0 Å². The Morgan fingerprint density at radius 3 is 2.20 bits per heavy atom. The Morgan fingerprint density at radius 2 is 1.49 bits per heavy atom. The molecule has 2 heterocycles. The summed E-state index contributed by atoms with van der Waals surface area (Å²) in [4.78, 5) is 10.4. The van der Waals surface area contributed by atoms with E-state index < -0.39 is 0 Å². The molecule has 0 radical (unpaired) electrons. The first-order valence-corrected chi connectivity index (χ1v) is 12.6. The van der Waals surface area contributed by atoms with Gasteiger partial charge in [0.2, 0.25) is 0 Å². The zero-order valence-corrected chi connectivity index (χ0v) is 22.6. The van der Waals surface area contributed by atoms with Gasteiger partial charge in [0.1, 0.15) is 0 Å². The fraction of sp³-hybridized carbons (Fsp3) is 0.367. The van der Waals surface area contributed by atoms with Gasteiger partial charge in [0, 0.05) is 36.1 Å². The van der Waals surface area contributed by atoms with E-state index in [1.54, 1.807) is 0 Å². The summed E-state index contributed by atoms with van der Waals surface area (Å²) in [6.07, 6.45) is 2.51. The summed E-state index contributed by atoms with van der Waals surface area (Å²) < 4.78 is 0. The summed E-state index contributed by atoms with van der Waals surface area (Å²) in [5.41, 5.74) is 4.77. The smallest absolute Gasteiger partial charge is 0.0719 e. The maximum absolute atomic E-state index is 5.12. The van der Waals surface area contributed by atoms with Crippen LogP contribution in [-0.4, -0.2) is 47.0 Å². The van der Waals surface area contributed by atoms with Crippen molar-refractivity contribution in [2.24, 2.45) is 0 Å². The van der Waals surface area contributed by atoms with Crippen molar-refractivity contribution in [1.29, 1.82) is 0 Å². The molecule has 1 unspecified atom stereocenters. The molecule has 4 aromatic rings. The molecule has 186 valence electrons. The SMILES string of the molecule is CCN(CC)C1CCN(C(C)c2cc(-c3cccc4ccccc34)nc3ccccc23)CC1.Cl.Cl. The van der Waals surface area contributed by atoms with E-state index >= 15 is 0 Å². The van der Waals surface area contributed by atoms with E-state index in [0.29, 0.717) is 6.04 Å². The van der Waals surface area contributed by atoms with E-state index in [9.17, 15) is 0 Å². The highest BCUT2D eigenvalue weighted by molar-refractivity contribution is 5.97. The third kappa shape index (κ3) is 5.49. The van der Waals surface area contributed by atoms with Gasteiger partial charge in [-0.05, 0) is 61.3 Å². The Bertz CT molecular complexity index is 1240. The van der Waals surface area contributed by atoms with Crippen molar-refractivity contribution < 1.29 is 0 Å². The van der Waals surface area contributed by atoms with Crippen LogP contribution in [0.4, 0.5) is 0 Å². The number of aromatic nitrogens is 1. The first-order valence-electron chi connectivity index (χ1n) is 12.6. The molecule has 1 saturated heterocycles. The second-order valence-electron chi connectivity index (χ2n) is 9.30. The third-order valence-corrected chi connectivity index (χ3v) is 7.64. The summed E-state index contributed by atoms with van der Waals surface area (Å²) in [5, 5.41) is 3.80. The van der Waals surface area contributed by atoms with Gasteiger partial charge < -0.3 is 4.90 Å². The van der Waals surface area contributed by atoms with Crippen molar-refractivity contribution in [3.63, 3.8) is 0 Å². The minimum atomic E-state index is 0. The monoisotopic (exact) mass is 509 g/mol. The largest absolute Gasteiger partial charge is 0.301 e. The van der Waals surface area contributed by atoms with Crippen LogP contribution in [-0.2, 0) is 0 Å². The van der Waals surface area contributed by atoms with E-state index in [1.165, 1.54) is 40.1 Å². The zero-order valence-electron chi connectivity index (χ0n) is 21.0. The summed E-state index contributed by atoms with van der Waals surface area (Å²) >= 11 is 0. The molecular formula is C30H37Cl2N3. The minimum absolute atomic E-state index is 0. The van der Waals surface area contributed by atoms with Gasteiger partial charge in [0.25, 0.3) is 0 Å². The van der Waals surface area contributed by atoms with Gasteiger partial charge in [-0.3, -0.25) is 4.90 Å². The van der Waals surface area contributed by atoms with Crippen LogP contribution in [0.2, 0.25) is 0 Å². The van der Waals surface area contributed by atoms with Crippen molar-refractivity contribution in [2.75, 3.05) is 26.2 Å². The number of pyridine rings is 1. The van der Waals surface area contributed by atoms with E-state index in [1.807, 2.05) is 0 Å². The maximum atomic E-state index is 5.12. The van der Waals surface area contributed by atoms with Crippen LogP contribution in [0, 0.1) is 0 Å². The Kier molecular flexibility index (Phi) is 9.54. The number of fused-ring (bicyclic) bond motifs is 2. The molecule has 1 atom stereocenters. The Hall–Kier alpha value is -2.17. The van der Waals surface area contributed by atoms with Crippen LogP contribution in [0.15, 0.2) is 72.8 Å². The molecule has 0 bridgehead atoms. The molecule has 0 saturated carbocycles. The molecular weight excluding hydrogens is 473 g/mol. The van der Waals surface area contributed by atoms with Crippen molar-refractivity contribution in [3.8, 4) is 11.3 Å². The summed E-state index contributed by atoms with van der Waals surface area (Å²) in [6, 6.07) is 27.3. The highest BCUT2D eigenvalue weighted by Gasteiger charge is 2.27. The number of hydrogen-bond donors (Lipinski definition) is 0. The molecule has 3 nitrogen and oxygen atoms in total. The molecule has 1 aliphatic heterocycles. The normalized spacial score (nSPS) is 15.7. The maximum Gasteiger partial charge on any atom is 0.0719 e.